The summed E-state index contributed by atoms with van der Waals surface area (Å²) in [6.45, 7) is 4.06. The summed E-state index contributed by atoms with van der Waals surface area (Å²) in [6, 6.07) is 10.9. The van der Waals surface area contributed by atoms with E-state index < -0.39 is 0 Å². The highest BCUT2D eigenvalue weighted by Crippen LogP contribution is 2.17. The average molecular weight is 400 g/mol. The molecule has 2 N–H and O–H groups in total. The summed E-state index contributed by atoms with van der Waals surface area (Å²) >= 11 is 1.68. The molecule has 0 unspecified atom stereocenters. The number of guanidine groups is 1. The van der Waals surface area contributed by atoms with Crippen molar-refractivity contribution in [2.24, 2.45) is 4.99 Å². The predicted octanol–water partition coefficient (Wildman–Crippen LogP) is 3.63. The van der Waals surface area contributed by atoms with E-state index in [1.54, 1.807) is 17.8 Å². The van der Waals surface area contributed by atoms with Crippen LogP contribution in [-0.4, -0.2) is 34.7 Å². The van der Waals surface area contributed by atoms with Crippen LogP contribution in [0.4, 0.5) is 4.39 Å². The maximum absolute atomic E-state index is 13.5. The second-order valence-electron chi connectivity index (χ2n) is 6.42. The van der Waals surface area contributed by atoms with E-state index in [1.807, 2.05) is 54.2 Å². The van der Waals surface area contributed by atoms with Crippen molar-refractivity contribution in [3.8, 4) is 0 Å². The van der Waals surface area contributed by atoms with Crippen LogP contribution in [0.1, 0.15) is 23.7 Å². The molecule has 2 heterocycles. The zero-order valence-electron chi connectivity index (χ0n) is 16.3. The SMILES string of the molecule is CCNC(=NCc1ccc(F)cc1CSC)NCCc1cn2ccccc2n1. The van der Waals surface area contributed by atoms with Crippen LogP contribution in [0.3, 0.4) is 0 Å². The summed E-state index contributed by atoms with van der Waals surface area (Å²) in [5.74, 6) is 1.33. The van der Waals surface area contributed by atoms with Crippen molar-refractivity contribution in [1.82, 2.24) is 20.0 Å². The standard InChI is InChI=1S/C21H26FN5S/c1-3-23-21(25-13-16-7-8-18(22)12-17(16)15-28-2)24-10-9-19-14-27-11-5-4-6-20(27)26-19/h4-8,11-12,14H,3,9-10,13,15H2,1-2H3,(H2,23,24,25). The number of fused-ring (bicyclic) bond motifs is 1. The van der Waals surface area contributed by atoms with Gasteiger partial charge in [0.05, 0.1) is 12.2 Å². The molecule has 0 aliphatic rings. The molecule has 7 heteroatoms. The van der Waals surface area contributed by atoms with E-state index in [0.717, 1.165) is 53.7 Å². The van der Waals surface area contributed by atoms with Crippen LogP contribution >= 0.6 is 11.8 Å². The van der Waals surface area contributed by atoms with Gasteiger partial charge >= 0.3 is 0 Å². The smallest absolute Gasteiger partial charge is 0.191 e. The Labute approximate surface area is 169 Å². The molecule has 2 aromatic heterocycles. The lowest BCUT2D eigenvalue weighted by Crippen LogP contribution is -2.38. The Balaban J connectivity index is 1.61. The van der Waals surface area contributed by atoms with Gasteiger partial charge in [-0.15, -0.1) is 0 Å². The largest absolute Gasteiger partial charge is 0.357 e. The quantitative estimate of drug-likeness (QED) is 0.449. The fraction of sp³-hybridized carbons (Fsp3) is 0.333. The lowest BCUT2D eigenvalue weighted by Gasteiger charge is -2.12. The minimum Gasteiger partial charge on any atom is -0.357 e. The van der Waals surface area contributed by atoms with Gasteiger partial charge in [0.2, 0.25) is 0 Å². The second-order valence-corrected chi connectivity index (χ2v) is 7.28. The van der Waals surface area contributed by atoms with Crippen molar-refractivity contribution in [1.29, 1.82) is 0 Å². The van der Waals surface area contributed by atoms with E-state index in [0.29, 0.717) is 6.54 Å². The van der Waals surface area contributed by atoms with E-state index in [4.69, 9.17) is 0 Å². The van der Waals surface area contributed by atoms with Crippen LogP contribution in [0.15, 0.2) is 53.8 Å². The minimum atomic E-state index is -0.200. The minimum absolute atomic E-state index is 0.200. The Kier molecular flexibility index (Phi) is 7.31. The number of aliphatic imine (C=N–C) groups is 1. The number of hydrogen-bond acceptors (Lipinski definition) is 3. The maximum Gasteiger partial charge on any atom is 0.191 e. The van der Waals surface area contributed by atoms with Crippen molar-refractivity contribution in [3.63, 3.8) is 0 Å². The summed E-state index contributed by atoms with van der Waals surface area (Å²) in [5.41, 5.74) is 4.04. The van der Waals surface area contributed by atoms with Gasteiger partial charge in [0.1, 0.15) is 11.5 Å². The molecule has 3 rings (SSSR count). The number of thioether (sulfide) groups is 1. The molecule has 0 bridgehead atoms. The highest BCUT2D eigenvalue weighted by Gasteiger charge is 2.06. The average Bonchev–Trinajstić information content (AvgIpc) is 3.10. The topological polar surface area (TPSA) is 53.7 Å². The van der Waals surface area contributed by atoms with Gasteiger partial charge in [0.25, 0.3) is 0 Å². The Hall–Kier alpha value is -2.54. The van der Waals surface area contributed by atoms with E-state index in [2.05, 4.69) is 20.6 Å². The van der Waals surface area contributed by atoms with Crippen LogP contribution in [0.2, 0.25) is 0 Å². The molecule has 148 valence electrons. The molecule has 0 saturated carbocycles. The van der Waals surface area contributed by atoms with Crippen molar-refractivity contribution in [3.05, 3.63) is 71.4 Å². The van der Waals surface area contributed by atoms with Crippen LogP contribution in [0.25, 0.3) is 5.65 Å². The van der Waals surface area contributed by atoms with Crippen LogP contribution in [0, 0.1) is 5.82 Å². The summed E-state index contributed by atoms with van der Waals surface area (Å²) in [7, 11) is 0. The molecule has 28 heavy (non-hydrogen) atoms. The molecular formula is C21H26FN5S. The first-order valence-electron chi connectivity index (χ1n) is 9.40. The predicted molar refractivity (Wildman–Crippen MR) is 115 cm³/mol. The molecule has 0 spiro atoms. The van der Waals surface area contributed by atoms with E-state index in [-0.39, 0.29) is 5.82 Å². The number of hydrogen-bond donors (Lipinski definition) is 2. The summed E-state index contributed by atoms with van der Waals surface area (Å²) in [5, 5.41) is 6.62. The first-order chi connectivity index (χ1) is 13.7. The number of nitrogens with zero attached hydrogens (tertiary/aromatic N) is 3. The molecule has 1 aromatic carbocycles. The third kappa shape index (κ3) is 5.48. The van der Waals surface area contributed by atoms with Crippen LogP contribution in [-0.2, 0) is 18.7 Å². The van der Waals surface area contributed by atoms with Gasteiger partial charge in [-0.05, 0) is 48.6 Å². The Morgan fingerprint density at radius 2 is 2.11 bits per heavy atom. The number of imidazole rings is 1. The fourth-order valence-corrected chi connectivity index (χ4v) is 3.54. The molecule has 5 nitrogen and oxygen atoms in total. The molecule has 0 fully saturated rings. The molecule has 0 aliphatic carbocycles. The lowest BCUT2D eigenvalue weighted by molar-refractivity contribution is 0.625. The second kappa shape index (κ2) is 10.1. The fourth-order valence-electron chi connectivity index (χ4n) is 2.96. The molecule has 0 radical (unpaired) electrons. The highest BCUT2D eigenvalue weighted by atomic mass is 32.2. The molecule has 0 amide bonds. The first kappa shape index (κ1) is 20.2. The molecular weight excluding hydrogens is 373 g/mol. The van der Waals surface area contributed by atoms with Gasteiger partial charge in [-0.25, -0.2) is 14.4 Å². The maximum atomic E-state index is 13.5. The monoisotopic (exact) mass is 399 g/mol. The first-order valence-corrected chi connectivity index (χ1v) is 10.8. The van der Waals surface area contributed by atoms with Crippen molar-refractivity contribution in [2.45, 2.75) is 25.6 Å². The van der Waals surface area contributed by atoms with Crippen LogP contribution in [0.5, 0.6) is 0 Å². The van der Waals surface area contributed by atoms with Crippen molar-refractivity contribution in [2.75, 3.05) is 19.3 Å². The molecule has 0 aliphatic heterocycles. The molecule has 0 saturated heterocycles. The molecule has 3 aromatic rings. The van der Waals surface area contributed by atoms with E-state index in [1.165, 1.54) is 6.07 Å². The summed E-state index contributed by atoms with van der Waals surface area (Å²) < 4.78 is 15.5. The van der Waals surface area contributed by atoms with E-state index in [9.17, 15) is 4.39 Å². The zero-order chi connectivity index (χ0) is 19.8. The Bertz CT molecular complexity index is 904. The Morgan fingerprint density at radius 3 is 2.89 bits per heavy atom. The molecule has 0 atom stereocenters. The van der Waals surface area contributed by atoms with Gasteiger partial charge in [-0.3, -0.25) is 0 Å². The normalized spacial score (nSPS) is 11.8. The number of benzene rings is 1. The van der Waals surface area contributed by atoms with Gasteiger partial charge in [0, 0.05) is 37.7 Å². The summed E-state index contributed by atoms with van der Waals surface area (Å²) in [6.07, 6.45) is 6.87. The van der Waals surface area contributed by atoms with Gasteiger partial charge in [0.15, 0.2) is 5.96 Å². The van der Waals surface area contributed by atoms with Crippen LogP contribution < -0.4 is 10.6 Å². The summed E-state index contributed by atoms with van der Waals surface area (Å²) in [4.78, 5) is 9.28. The van der Waals surface area contributed by atoms with Crippen molar-refractivity contribution >= 4 is 23.4 Å². The number of aromatic nitrogens is 2. The van der Waals surface area contributed by atoms with Gasteiger partial charge in [-0.2, -0.15) is 11.8 Å². The third-order valence-corrected chi connectivity index (χ3v) is 4.91. The lowest BCUT2D eigenvalue weighted by atomic mass is 10.1. The number of rotatable bonds is 8. The third-order valence-electron chi connectivity index (χ3n) is 4.31. The Morgan fingerprint density at radius 1 is 1.21 bits per heavy atom. The van der Waals surface area contributed by atoms with E-state index >= 15 is 0 Å². The van der Waals surface area contributed by atoms with Gasteiger partial charge < -0.3 is 15.0 Å². The number of halogens is 1. The zero-order valence-corrected chi connectivity index (χ0v) is 17.1. The van der Waals surface area contributed by atoms with Gasteiger partial charge in [-0.1, -0.05) is 12.1 Å². The van der Waals surface area contributed by atoms with Crippen molar-refractivity contribution < 1.29 is 4.39 Å². The number of pyridine rings is 1. The highest BCUT2D eigenvalue weighted by molar-refractivity contribution is 7.97. The number of nitrogens with one attached hydrogen (secondary N) is 2.